The number of rotatable bonds is 7. The van der Waals surface area contributed by atoms with E-state index in [0.29, 0.717) is 11.5 Å². The summed E-state index contributed by atoms with van der Waals surface area (Å²) in [6.45, 7) is 0.118. The van der Waals surface area contributed by atoms with Crippen LogP contribution in [0.1, 0.15) is 51.7 Å². The zero-order chi connectivity index (χ0) is 23.5. The number of benzene rings is 3. The van der Waals surface area contributed by atoms with Gasteiger partial charge in [-0.1, -0.05) is 72.8 Å². The van der Waals surface area contributed by atoms with Crippen LogP contribution in [0.4, 0.5) is 5.69 Å². The summed E-state index contributed by atoms with van der Waals surface area (Å²) >= 11 is 0. The molecule has 3 N–H and O–H groups in total. The average molecular weight is 453 g/mol. The van der Waals surface area contributed by atoms with Gasteiger partial charge in [0, 0.05) is 35.7 Å². The lowest BCUT2D eigenvalue weighted by atomic mass is 9.71. The van der Waals surface area contributed by atoms with E-state index in [1.165, 1.54) is 11.1 Å². The zero-order valence-electron chi connectivity index (χ0n) is 18.9. The van der Waals surface area contributed by atoms with Crippen LogP contribution >= 0.6 is 0 Å². The Labute approximate surface area is 199 Å². The van der Waals surface area contributed by atoms with Gasteiger partial charge in [-0.3, -0.25) is 9.59 Å². The van der Waals surface area contributed by atoms with E-state index in [1.807, 2.05) is 18.2 Å². The Morgan fingerprint density at radius 3 is 2.29 bits per heavy atom. The van der Waals surface area contributed by atoms with Gasteiger partial charge in [-0.15, -0.1) is 0 Å². The van der Waals surface area contributed by atoms with Crippen LogP contribution in [0.2, 0.25) is 0 Å². The highest BCUT2D eigenvalue weighted by atomic mass is 16.4. The average Bonchev–Trinajstić information content (AvgIpc) is 3.36. The fourth-order valence-electron chi connectivity index (χ4n) is 5.42. The lowest BCUT2D eigenvalue weighted by molar-refractivity contribution is -0.136. The van der Waals surface area contributed by atoms with Crippen LogP contribution in [-0.4, -0.2) is 29.6 Å². The third-order valence-corrected chi connectivity index (χ3v) is 6.97. The first-order chi connectivity index (χ1) is 16.6. The van der Waals surface area contributed by atoms with E-state index >= 15 is 0 Å². The van der Waals surface area contributed by atoms with Gasteiger partial charge in [0.15, 0.2) is 0 Å². The number of carboxylic acid groups (broad SMARTS) is 1. The van der Waals surface area contributed by atoms with E-state index in [1.54, 1.807) is 0 Å². The van der Waals surface area contributed by atoms with Crippen LogP contribution in [0, 0.1) is 5.92 Å². The van der Waals surface area contributed by atoms with Crippen molar-refractivity contribution in [1.29, 1.82) is 0 Å². The van der Waals surface area contributed by atoms with Gasteiger partial charge in [0.1, 0.15) is 0 Å². The molecule has 0 radical (unpaired) electrons. The van der Waals surface area contributed by atoms with Crippen LogP contribution < -0.4 is 10.6 Å². The molecule has 172 valence electrons. The van der Waals surface area contributed by atoms with Crippen molar-refractivity contribution in [2.24, 2.45) is 5.92 Å². The van der Waals surface area contributed by atoms with E-state index < -0.39 is 5.97 Å². The van der Waals surface area contributed by atoms with Crippen LogP contribution in [0.15, 0.2) is 91.0 Å². The molecule has 3 aromatic carbocycles. The van der Waals surface area contributed by atoms with Crippen molar-refractivity contribution in [3.8, 4) is 0 Å². The van der Waals surface area contributed by atoms with Gasteiger partial charge in [-0.05, 0) is 47.2 Å². The molecule has 1 aliphatic carbocycles. The number of amides is 1. The predicted octanol–water partition coefficient (Wildman–Crippen LogP) is 5.18. The largest absolute Gasteiger partial charge is 0.481 e. The van der Waals surface area contributed by atoms with E-state index in [0.717, 1.165) is 17.7 Å². The summed E-state index contributed by atoms with van der Waals surface area (Å²) in [5, 5.41) is 15.4. The Bertz CT molecular complexity index is 1170. The maximum Gasteiger partial charge on any atom is 0.305 e. The minimum Gasteiger partial charge on any atom is -0.481 e. The first-order valence-electron chi connectivity index (χ1n) is 11.8. The van der Waals surface area contributed by atoms with Crippen LogP contribution in [-0.2, 0) is 4.79 Å². The highest BCUT2D eigenvalue weighted by Crippen LogP contribution is 2.49. The normalized spacial score (nSPS) is 20.3. The third kappa shape index (κ3) is 4.34. The molecule has 34 heavy (non-hydrogen) atoms. The van der Waals surface area contributed by atoms with E-state index in [9.17, 15) is 9.59 Å². The topological polar surface area (TPSA) is 78.4 Å². The molecule has 5 nitrogen and oxygen atoms in total. The minimum absolute atomic E-state index is 0.0896. The molecule has 0 aromatic heterocycles. The number of nitrogens with one attached hydrogen (secondary N) is 2. The number of hydrogen-bond acceptors (Lipinski definition) is 3. The van der Waals surface area contributed by atoms with Crippen molar-refractivity contribution in [2.45, 2.75) is 30.7 Å². The molecule has 3 atom stereocenters. The zero-order valence-corrected chi connectivity index (χ0v) is 18.9. The number of aliphatic carboxylic acids is 1. The quantitative estimate of drug-likeness (QED) is 0.432. The molecular weight excluding hydrogens is 424 g/mol. The van der Waals surface area contributed by atoms with Gasteiger partial charge in [-0.25, -0.2) is 0 Å². The highest BCUT2D eigenvalue weighted by molar-refractivity contribution is 5.95. The summed E-state index contributed by atoms with van der Waals surface area (Å²) in [6, 6.07) is 27.3. The maximum absolute atomic E-state index is 12.6. The van der Waals surface area contributed by atoms with Gasteiger partial charge >= 0.3 is 5.97 Å². The van der Waals surface area contributed by atoms with Crippen LogP contribution in [0.25, 0.3) is 0 Å². The van der Waals surface area contributed by atoms with Crippen molar-refractivity contribution < 1.29 is 14.7 Å². The summed E-state index contributed by atoms with van der Waals surface area (Å²) in [5.41, 5.74) is 5.31. The van der Waals surface area contributed by atoms with E-state index in [-0.39, 0.29) is 36.8 Å². The molecule has 0 fully saturated rings. The monoisotopic (exact) mass is 452 g/mol. The van der Waals surface area contributed by atoms with Gasteiger partial charge in [-0.2, -0.15) is 0 Å². The number of hydrogen-bond donors (Lipinski definition) is 3. The molecule has 0 saturated carbocycles. The van der Waals surface area contributed by atoms with Crippen molar-refractivity contribution in [1.82, 2.24) is 5.32 Å². The lowest BCUT2D eigenvalue weighted by Gasteiger charge is -2.42. The summed E-state index contributed by atoms with van der Waals surface area (Å²) < 4.78 is 0. The molecule has 5 rings (SSSR count). The highest BCUT2D eigenvalue weighted by Gasteiger charge is 2.41. The Balaban J connectivity index is 1.48. The fourth-order valence-corrected chi connectivity index (χ4v) is 5.42. The summed E-state index contributed by atoms with van der Waals surface area (Å²) in [5.74, 6) is -0.379. The first kappa shape index (κ1) is 22.0. The van der Waals surface area contributed by atoms with Crippen molar-refractivity contribution in [3.63, 3.8) is 0 Å². The standard InChI is InChI=1S/C29H28N2O3/c32-26(33)16-17-30-29(34)21-14-15-25-24(18-21)22-12-7-13-23(22)28(31-25)27(19-8-3-1-4-9-19)20-10-5-2-6-11-20/h1-12,14-15,18,22-23,27-28,31H,13,16-17H2,(H,30,34)(H,32,33). The third-order valence-electron chi connectivity index (χ3n) is 6.97. The molecule has 0 spiro atoms. The van der Waals surface area contributed by atoms with Gasteiger partial charge in [0.2, 0.25) is 0 Å². The van der Waals surface area contributed by atoms with Crippen molar-refractivity contribution >= 4 is 17.6 Å². The lowest BCUT2D eigenvalue weighted by Crippen LogP contribution is -2.41. The van der Waals surface area contributed by atoms with Gasteiger partial charge in [0.25, 0.3) is 5.91 Å². The first-order valence-corrected chi connectivity index (χ1v) is 11.8. The number of carbonyl (C=O) groups is 2. The van der Waals surface area contributed by atoms with Gasteiger partial charge < -0.3 is 15.7 Å². The molecule has 3 aromatic rings. The minimum atomic E-state index is -0.925. The molecule has 5 heteroatoms. The summed E-state index contributed by atoms with van der Waals surface area (Å²) in [7, 11) is 0. The molecule has 3 unspecified atom stereocenters. The van der Waals surface area contributed by atoms with Crippen LogP contribution in [0.3, 0.4) is 0 Å². The molecule has 2 aliphatic rings. The Kier molecular flexibility index (Phi) is 6.17. The SMILES string of the molecule is O=C(O)CCNC(=O)c1ccc2c(c1)C1C=CCC1C(C(c1ccccc1)c1ccccc1)N2. The second-order valence-electron chi connectivity index (χ2n) is 9.02. The molecule has 1 aliphatic heterocycles. The van der Waals surface area contributed by atoms with Crippen molar-refractivity contribution in [2.75, 3.05) is 11.9 Å². The Hall–Kier alpha value is -3.86. The molecule has 1 amide bonds. The van der Waals surface area contributed by atoms with E-state index in [4.69, 9.17) is 5.11 Å². The summed E-state index contributed by atoms with van der Waals surface area (Å²) in [6.07, 6.45) is 5.42. The maximum atomic E-state index is 12.6. The van der Waals surface area contributed by atoms with Crippen molar-refractivity contribution in [3.05, 3.63) is 113 Å². The molecule has 0 saturated heterocycles. The molecule has 0 bridgehead atoms. The predicted molar refractivity (Wildman–Crippen MR) is 133 cm³/mol. The molecular formula is C29H28N2O3. The second-order valence-corrected chi connectivity index (χ2v) is 9.02. The number of carbonyl (C=O) groups excluding carboxylic acids is 1. The Morgan fingerprint density at radius 1 is 0.971 bits per heavy atom. The number of fused-ring (bicyclic) bond motifs is 3. The number of allylic oxidation sites excluding steroid dienone is 2. The number of carboxylic acids is 1. The summed E-state index contributed by atoms with van der Waals surface area (Å²) in [4.78, 5) is 23.4. The van der Waals surface area contributed by atoms with Gasteiger partial charge in [0.05, 0.1) is 6.42 Å². The van der Waals surface area contributed by atoms with Crippen LogP contribution in [0.5, 0.6) is 0 Å². The fraction of sp³-hybridized carbons (Fsp3) is 0.241. The second kappa shape index (κ2) is 9.56. The van der Waals surface area contributed by atoms with E-state index in [2.05, 4.69) is 83.4 Å². The Morgan fingerprint density at radius 2 is 1.65 bits per heavy atom. The smallest absolute Gasteiger partial charge is 0.305 e. The molecule has 1 heterocycles. The number of anilines is 1.